The molecule has 0 aliphatic carbocycles. The summed E-state index contributed by atoms with van der Waals surface area (Å²) in [6.45, 7) is 2.11. The van der Waals surface area contributed by atoms with E-state index in [1.54, 1.807) is 11.3 Å². The monoisotopic (exact) mass is 247 g/mol. The molecule has 4 heteroatoms. The van der Waals surface area contributed by atoms with Gasteiger partial charge >= 0.3 is 0 Å². The molecule has 0 N–H and O–H groups in total. The summed E-state index contributed by atoms with van der Waals surface area (Å²) in [5.41, 5.74) is 0. The van der Waals surface area contributed by atoms with Gasteiger partial charge in [-0.25, -0.2) is 0 Å². The van der Waals surface area contributed by atoms with Crippen LogP contribution in [-0.2, 0) is 6.42 Å². The molecule has 11 heavy (non-hydrogen) atoms. The highest BCUT2D eigenvalue weighted by Gasteiger charge is 2.05. The first-order valence-corrected chi connectivity index (χ1v) is 5.54. The lowest BCUT2D eigenvalue weighted by Crippen LogP contribution is -1.64. The third kappa shape index (κ3) is 2.22. The summed E-state index contributed by atoms with van der Waals surface area (Å²) >= 11 is 6.29. The summed E-state index contributed by atoms with van der Waals surface area (Å²) in [5, 5.41) is 10.5. The maximum Gasteiger partial charge on any atom is 0.139 e. The zero-order chi connectivity index (χ0) is 8.27. The van der Waals surface area contributed by atoms with E-state index in [0.29, 0.717) is 0 Å². The molecule has 1 nitrogen and oxygen atoms in total. The number of aryl methyl sites for hydroxylation is 1. The van der Waals surface area contributed by atoms with E-state index in [4.69, 9.17) is 5.26 Å². The Morgan fingerprint density at radius 3 is 3.00 bits per heavy atom. The summed E-state index contributed by atoms with van der Waals surface area (Å²) in [5.74, 6) is 0. The maximum atomic E-state index is 8.42. The van der Waals surface area contributed by atoms with Crippen LogP contribution in [0.25, 0.3) is 0 Å². The first-order valence-electron chi connectivity index (χ1n) is 3.12. The van der Waals surface area contributed by atoms with E-state index in [1.165, 1.54) is 16.6 Å². The van der Waals surface area contributed by atoms with Crippen LogP contribution >= 0.6 is 39.0 Å². The van der Waals surface area contributed by atoms with Crippen LogP contribution in [0.15, 0.2) is 14.7 Å². The van der Waals surface area contributed by atoms with E-state index >= 15 is 0 Å². The maximum absolute atomic E-state index is 8.42. The Bertz CT molecular complexity index is 287. The van der Waals surface area contributed by atoms with E-state index in [2.05, 4.69) is 34.3 Å². The van der Waals surface area contributed by atoms with Crippen LogP contribution in [0.1, 0.15) is 11.8 Å². The normalized spacial score (nSPS) is 9.55. The van der Waals surface area contributed by atoms with Crippen molar-refractivity contribution in [2.75, 3.05) is 0 Å². The molecule has 58 valence electrons. The Kier molecular flexibility index (Phi) is 3.44. The van der Waals surface area contributed by atoms with E-state index in [0.717, 1.165) is 15.1 Å². The predicted molar refractivity (Wildman–Crippen MR) is 52.9 cm³/mol. The van der Waals surface area contributed by atoms with Gasteiger partial charge in [-0.1, -0.05) is 6.92 Å². The third-order valence-corrected chi connectivity index (χ3v) is 4.41. The first-order chi connectivity index (χ1) is 5.27. The number of hydrogen-bond donors (Lipinski definition) is 0. The summed E-state index contributed by atoms with van der Waals surface area (Å²) in [7, 11) is 0. The average Bonchev–Trinajstić information content (AvgIpc) is 2.33. The zero-order valence-electron chi connectivity index (χ0n) is 5.93. The second-order valence-corrected chi connectivity index (χ2v) is 4.94. The van der Waals surface area contributed by atoms with Gasteiger partial charge in [0.2, 0.25) is 0 Å². The second kappa shape index (κ2) is 4.15. The Balaban J connectivity index is 2.90. The summed E-state index contributed by atoms with van der Waals surface area (Å²) in [6.07, 6.45) is 1.04. The van der Waals surface area contributed by atoms with E-state index < -0.39 is 0 Å². The topological polar surface area (TPSA) is 23.8 Å². The summed E-state index contributed by atoms with van der Waals surface area (Å²) in [4.78, 5) is 1.31. The smallest absolute Gasteiger partial charge is 0.139 e. The minimum atomic E-state index is 1.04. The molecule has 1 rings (SSSR count). The first kappa shape index (κ1) is 9.11. The van der Waals surface area contributed by atoms with Crippen molar-refractivity contribution in [3.05, 3.63) is 15.4 Å². The van der Waals surface area contributed by atoms with Gasteiger partial charge in [-0.3, -0.25) is 0 Å². The summed E-state index contributed by atoms with van der Waals surface area (Å²) in [6, 6.07) is 2.07. The lowest BCUT2D eigenvalue weighted by atomic mass is 10.4. The van der Waals surface area contributed by atoms with Crippen LogP contribution in [0.3, 0.4) is 0 Å². The third-order valence-electron chi connectivity index (χ3n) is 1.19. The lowest BCUT2D eigenvalue weighted by Gasteiger charge is -1.83. The highest BCUT2D eigenvalue weighted by Crippen LogP contribution is 2.35. The van der Waals surface area contributed by atoms with Crippen LogP contribution in [0, 0.1) is 10.7 Å². The van der Waals surface area contributed by atoms with Gasteiger partial charge in [0.1, 0.15) is 5.40 Å². The van der Waals surface area contributed by atoms with Crippen molar-refractivity contribution in [1.82, 2.24) is 0 Å². The van der Waals surface area contributed by atoms with Crippen LogP contribution in [0.4, 0.5) is 0 Å². The minimum absolute atomic E-state index is 1.04. The molecule has 0 aliphatic rings. The SMILES string of the molecule is CCc1cc(Br)c(SC#N)s1. The Morgan fingerprint density at radius 2 is 2.55 bits per heavy atom. The van der Waals surface area contributed by atoms with Gasteiger partial charge in [0.15, 0.2) is 0 Å². The molecule has 0 bridgehead atoms. The van der Waals surface area contributed by atoms with Gasteiger partial charge in [-0.15, -0.1) is 11.3 Å². The molecule has 0 aliphatic heterocycles. The molecular weight excluding hydrogens is 242 g/mol. The molecule has 0 aromatic carbocycles. The van der Waals surface area contributed by atoms with Gasteiger partial charge in [0.05, 0.1) is 4.21 Å². The van der Waals surface area contributed by atoms with Crippen molar-refractivity contribution >= 4 is 39.0 Å². The predicted octanol–water partition coefficient (Wildman–Crippen LogP) is 3.65. The molecule has 0 amide bonds. The van der Waals surface area contributed by atoms with E-state index in [9.17, 15) is 0 Å². The fraction of sp³-hybridized carbons (Fsp3) is 0.286. The largest absolute Gasteiger partial charge is 0.185 e. The van der Waals surface area contributed by atoms with Crippen molar-refractivity contribution in [3.8, 4) is 5.40 Å². The van der Waals surface area contributed by atoms with Crippen LogP contribution in [-0.4, -0.2) is 0 Å². The van der Waals surface area contributed by atoms with Crippen molar-refractivity contribution in [2.45, 2.75) is 17.6 Å². The Labute approximate surface area is 82.5 Å². The number of halogens is 1. The van der Waals surface area contributed by atoms with Gasteiger partial charge in [0.25, 0.3) is 0 Å². The van der Waals surface area contributed by atoms with Crippen molar-refractivity contribution in [3.63, 3.8) is 0 Å². The number of thiophene rings is 1. The number of thiocyanates is 1. The molecule has 1 aromatic heterocycles. The van der Waals surface area contributed by atoms with Crippen LogP contribution < -0.4 is 0 Å². The highest BCUT2D eigenvalue weighted by molar-refractivity contribution is 9.10. The average molecular weight is 248 g/mol. The standard InChI is InChI=1S/C7H6BrNS2/c1-2-5-3-6(8)7(11-5)10-4-9/h3H,2H2,1H3. The minimum Gasteiger partial charge on any atom is -0.185 e. The quantitative estimate of drug-likeness (QED) is 0.589. The molecule has 0 unspecified atom stereocenters. The molecule has 0 spiro atoms. The fourth-order valence-corrected chi connectivity index (χ4v) is 3.15. The number of nitriles is 1. The Hall–Kier alpha value is 0.0200. The Morgan fingerprint density at radius 1 is 1.82 bits per heavy atom. The van der Waals surface area contributed by atoms with Crippen LogP contribution in [0.2, 0.25) is 0 Å². The van der Waals surface area contributed by atoms with Gasteiger partial charge in [0, 0.05) is 21.1 Å². The number of hydrogen-bond acceptors (Lipinski definition) is 3. The van der Waals surface area contributed by atoms with Gasteiger partial charge in [-0.2, -0.15) is 5.26 Å². The number of rotatable bonds is 2. The number of nitrogens with zero attached hydrogens (tertiary/aromatic N) is 1. The van der Waals surface area contributed by atoms with Crippen molar-refractivity contribution in [1.29, 1.82) is 5.26 Å². The van der Waals surface area contributed by atoms with Crippen molar-refractivity contribution < 1.29 is 0 Å². The molecular formula is C7H6BrNS2. The molecule has 0 saturated carbocycles. The molecule has 1 heterocycles. The molecule has 0 atom stereocenters. The summed E-state index contributed by atoms with van der Waals surface area (Å²) < 4.78 is 2.11. The van der Waals surface area contributed by atoms with Crippen molar-refractivity contribution in [2.24, 2.45) is 0 Å². The van der Waals surface area contributed by atoms with Gasteiger partial charge in [-0.05, 0) is 28.4 Å². The van der Waals surface area contributed by atoms with Crippen LogP contribution in [0.5, 0.6) is 0 Å². The molecule has 1 aromatic rings. The second-order valence-electron chi connectivity index (χ2n) is 1.90. The molecule has 0 saturated heterocycles. The number of thioether (sulfide) groups is 1. The highest BCUT2D eigenvalue weighted by atomic mass is 79.9. The van der Waals surface area contributed by atoms with E-state index in [1.807, 2.05) is 0 Å². The van der Waals surface area contributed by atoms with E-state index in [-0.39, 0.29) is 0 Å². The lowest BCUT2D eigenvalue weighted by molar-refractivity contribution is 1.18. The molecule has 0 radical (unpaired) electrons. The van der Waals surface area contributed by atoms with Gasteiger partial charge < -0.3 is 0 Å². The fourth-order valence-electron chi connectivity index (χ4n) is 0.683. The molecule has 0 fully saturated rings. The zero-order valence-corrected chi connectivity index (χ0v) is 9.15.